The third-order valence-corrected chi connectivity index (χ3v) is 4.94. The molecule has 7 heteroatoms. The number of carbonyl (C=O) groups is 1. The summed E-state index contributed by atoms with van der Waals surface area (Å²) in [6.07, 6.45) is 0.216. The summed E-state index contributed by atoms with van der Waals surface area (Å²) in [5, 5.41) is 4.47. The van der Waals surface area contributed by atoms with Gasteiger partial charge in [-0.2, -0.15) is 4.68 Å². The summed E-state index contributed by atoms with van der Waals surface area (Å²) in [4.78, 5) is 16.7. The van der Waals surface area contributed by atoms with Gasteiger partial charge in [-0.25, -0.2) is 13.8 Å². The van der Waals surface area contributed by atoms with E-state index in [2.05, 4.69) is 10.1 Å². The van der Waals surface area contributed by atoms with Crippen LogP contribution < -0.4 is 0 Å². The van der Waals surface area contributed by atoms with Gasteiger partial charge in [0.2, 0.25) is 0 Å². The van der Waals surface area contributed by atoms with Crippen molar-refractivity contribution in [1.82, 2.24) is 14.8 Å². The molecule has 0 aliphatic carbocycles. The molecule has 0 radical (unpaired) electrons. The van der Waals surface area contributed by atoms with Crippen LogP contribution in [-0.4, -0.2) is 20.7 Å². The van der Waals surface area contributed by atoms with E-state index in [0.717, 1.165) is 5.56 Å². The molecule has 0 spiro atoms. The van der Waals surface area contributed by atoms with E-state index in [1.807, 2.05) is 0 Å². The van der Waals surface area contributed by atoms with E-state index in [4.69, 9.17) is 0 Å². The molecule has 0 bridgehead atoms. The minimum Gasteiger partial charge on any atom is -0.272 e. The zero-order valence-electron chi connectivity index (χ0n) is 12.3. The molecule has 120 valence electrons. The Balaban J connectivity index is 1.68. The number of fused-ring (bicyclic) bond motifs is 1. The van der Waals surface area contributed by atoms with Crippen LogP contribution in [0.15, 0.2) is 53.7 Å². The summed E-state index contributed by atoms with van der Waals surface area (Å²) in [7, 11) is 0. The molecule has 1 aliphatic heterocycles. The lowest BCUT2D eigenvalue weighted by atomic mass is 10.1. The topological polar surface area (TPSA) is 47.8 Å². The molecule has 0 unspecified atom stereocenters. The van der Waals surface area contributed by atoms with Crippen molar-refractivity contribution in [2.75, 3.05) is 0 Å². The van der Waals surface area contributed by atoms with Gasteiger partial charge in [0, 0.05) is 17.2 Å². The normalized spacial score (nSPS) is 16.9. The van der Waals surface area contributed by atoms with Crippen LogP contribution in [0.4, 0.5) is 8.78 Å². The van der Waals surface area contributed by atoms with Gasteiger partial charge in [0.1, 0.15) is 11.6 Å². The monoisotopic (exact) mass is 343 g/mol. The van der Waals surface area contributed by atoms with Gasteiger partial charge in [0.25, 0.3) is 5.91 Å². The van der Waals surface area contributed by atoms with Crippen molar-refractivity contribution < 1.29 is 13.6 Å². The quantitative estimate of drug-likeness (QED) is 0.703. The second kappa shape index (κ2) is 5.83. The fourth-order valence-corrected chi connectivity index (χ4v) is 3.71. The van der Waals surface area contributed by atoms with E-state index in [9.17, 15) is 13.6 Å². The van der Waals surface area contributed by atoms with E-state index >= 15 is 0 Å². The molecule has 0 amide bonds. The first-order valence-electron chi connectivity index (χ1n) is 7.28. The van der Waals surface area contributed by atoms with Crippen molar-refractivity contribution in [1.29, 1.82) is 0 Å². The highest BCUT2D eigenvalue weighted by Gasteiger charge is 2.30. The van der Waals surface area contributed by atoms with E-state index in [-0.39, 0.29) is 29.2 Å². The fourth-order valence-electron chi connectivity index (χ4n) is 2.56. The zero-order chi connectivity index (χ0) is 16.7. The van der Waals surface area contributed by atoms with Crippen LogP contribution in [-0.2, 0) is 0 Å². The lowest BCUT2D eigenvalue weighted by Crippen LogP contribution is -2.21. The first kappa shape index (κ1) is 15.0. The molecule has 2 heterocycles. The lowest BCUT2D eigenvalue weighted by molar-refractivity contribution is 0.0868. The Hall–Kier alpha value is -2.54. The van der Waals surface area contributed by atoms with Crippen molar-refractivity contribution in [3.63, 3.8) is 0 Å². The summed E-state index contributed by atoms with van der Waals surface area (Å²) >= 11 is 1.37. The predicted octanol–water partition coefficient (Wildman–Crippen LogP) is 4.10. The smallest absolute Gasteiger partial charge is 0.250 e. The van der Waals surface area contributed by atoms with Gasteiger partial charge in [0.05, 0.1) is 0 Å². The highest BCUT2D eigenvalue weighted by atomic mass is 32.2. The van der Waals surface area contributed by atoms with Crippen molar-refractivity contribution in [2.45, 2.75) is 16.8 Å². The minimum atomic E-state index is -0.348. The Kier molecular flexibility index (Phi) is 3.65. The first-order chi connectivity index (χ1) is 11.6. The van der Waals surface area contributed by atoms with E-state index in [1.54, 1.807) is 24.3 Å². The number of hydrogen-bond acceptors (Lipinski definition) is 4. The van der Waals surface area contributed by atoms with Crippen molar-refractivity contribution >= 4 is 17.7 Å². The maximum atomic E-state index is 13.4. The van der Waals surface area contributed by atoms with Gasteiger partial charge in [-0.1, -0.05) is 23.9 Å². The summed E-state index contributed by atoms with van der Waals surface area (Å²) < 4.78 is 27.7. The van der Waals surface area contributed by atoms with Crippen molar-refractivity contribution in [3.05, 3.63) is 65.7 Å². The molecule has 24 heavy (non-hydrogen) atoms. The molecular formula is C17H11F2N3OS. The largest absolute Gasteiger partial charge is 0.272 e. The lowest BCUT2D eigenvalue weighted by Gasteiger charge is -2.20. The highest BCUT2D eigenvalue weighted by Crippen LogP contribution is 2.41. The van der Waals surface area contributed by atoms with Crippen LogP contribution in [0, 0.1) is 11.6 Å². The van der Waals surface area contributed by atoms with Gasteiger partial charge in [-0.15, -0.1) is 5.10 Å². The van der Waals surface area contributed by atoms with Crippen LogP contribution in [0.1, 0.15) is 22.0 Å². The van der Waals surface area contributed by atoms with Gasteiger partial charge in [-0.05, 0) is 42.0 Å². The molecule has 2 aromatic carbocycles. The average Bonchev–Trinajstić information content (AvgIpc) is 3.00. The van der Waals surface area contributed by atoms with Crippen molar-refractivity contribution in [3.8, 4) is 11.4 Å². The molecule has 1 aromatic heterocycles. The number of halogens is 2. The maximum absolute atomic E-state index is 13.4. The molecule has 1 aliphatic rings. The van der Waals surface area contributed by atoms with Gasteiger partial charge < -0.3 is 0 Å². The molecule has 3 aromatic rings. The number of thioether (sulfide) groups is 1. The standard InChI is InChI=1S/C17H11F2N3OS/c18-12-6-4-10(5-7-12)16-20-17-22(21-16)15(23)9-14(24-17)11-2-1-3-13(19)8-11/h1-8,14H,9H2/t14-/m0/s1. The molecule has 0 fully saturated rings. The van der Waals surface area contributed by atoms with E-state index < -0.39 is 0 Å². The zero-order valence-corrected chi connectivity index (χ0v) is 13.1. The third kappa shape index (κ3) is 2.71. The molecule has 0 N–H and O–H groups in total. The number of hydrogen-bond donors (Lipinski definition) is 0. The maximum Gasteiger partial charge on any atom is 0.250 e. The Morgan fingerprint density at radius 2 is 1.88 bits per heavy atom. The van der Waals surface area contributed by atoms with Crippen LogP contribution in [0.2, 0.25) is 0 Å². The van der Waals surface area contributed by atoms with Crippen LogP contribution in [0.3, 0.4) is 0 Å². The van der Waals surface area contributed by atoms with Crippen LogP contribution in [0.25, 0.3) is 11.4 Å². The molecule has 0 saturated heterocycles. The van der Waals surface area contributed by atoms with Crippen LogP contribution in [0.5, 0.6) is 0 Å². The number of rotatable bonds is 2. The molecular weight excluding hydrogens is 332 g/mol. The Labute approximate surface area is 140 Å². The summed E-state index contributed by atoms with van der Waals surface area (Å²) in [5.41, 5.74) is 1.37. The summed E-state index contributed by atoms with van der Waals surface area (Å²) in [6, 6.07) is 12.0. The molecule has 4 nitrogen and oxygen atoms in total. The molecule has 4 rings (SSSR count). The number of benzene rings is 2. The molecule has 0 saturated carbocycles. The number of nitrogens with zero attached hydrogens (tertiary/aromatic N) is 3. The van der Waals surface area contributed by atoms with Gasteiger partial charge in [-0.3, -0.25) is 4.79 Å². The first-order valence-corrected chi connectivity index (χ1v) is 8.16. The SMILES string of the molecule is O=C1C[C@@H](c2cccc(F)c2)Sc2nc(-c3ccc(F)cc3)nn21. The van der Waals surface area contributed by atoms with E-state index in [1.165, 1.54) is 40.7 Å². The van der Waals surface area contributed by atoms with Crippen molar-refractivity contribution in [2.24, 2.45) is 0 Å². The number of aromatic nitrogens is 3. The Morgan fingerprint density at radius 3 is 2.62 bits per heavy atom. The van der Waals surface area contributed by atoms with Gasteiger partial charge in [0.15, 0.2) is 11.0 Å². The Bertz CT molecular complexity index is 924. The van der Waals surface area contributed by atoms with Crippen LogP contribution >= 0.6 is 11.8 Å². The van der Waals surface area contributed by atoms with E-state index in [0.29, 0.717) is 16.5 Å². The third-order valence-electron chi connectivity index (χ3n) is 3.74. The molecule has 1 atom stereocenters. The highest BCUT2D eigenvalue weighted by molar-refractivity contribution is 7.99. The fraction of sp³-hybridized carbons (Fsp3) is 0.118. The second-order valence-electron chi connectivity index (χ2n) is 5.40. The second-order valence-corrected chi connectivity index (χ2v) is 6.57. The predicted molar refractivity (Wildman–Crippen MR) is 85.7 cm³/mol. The summed E-state index contributed by atoms with van der Waals surface area (Å²) in [5.74, 6) is -0.511. The average molecular weight is 343 g/mol. The van der Waals surface area contributed by atoms with Gasteiger partial charge >= 0.3 is 0 Å². The Morgan fingerprint density at radius 1 is 1.08 bits per heavy atom. The number of carbonyl (C=O) groups excluding carboxylic acids is 1. The summed E-state index contributed by atoms with van der Waals surface area (Å²) in [6.45, 7) is 0. The minimum absolute atomic E-state index is 0.195.